The van der Waals surface area contributed by atoms with Gasteiger partial charge in [-0.05, 0) is 6.92 Å². The summed E-state index contributed by atoms with van der Waals surface area (Å²) in [6.07, 6.45) is -22.4. The minimum Gasteiger partial charge on any atom is -0.394 e. The first kappa shape index (κ1) is 28.0. The fourth-order valence-corrected chi connectivity index (χ4v) is 4.16. The molecule has 3 heterocycles. The summed E-state index contributed by atoms with van der Waals surface area (Å²) in [5, 5.41) is 90.4. The zero-order valence-corrected chi connectivity index (χ0v) is 18.5. The number of methoxy groups -OCH3 is 1. The molecule has 0 saturated carbocycles. The van der Waals surface area contributed by atoms with E-state index in [1.54, 1.807) is 0 Å². The molecular weight excluding hydrogens is 468 g/mol. The van der Waals surface area contributed by atoms with Gasteiger partial charge < -0.3 is 74.4 Å². The molecule has 0 spiro atoms. The average Bonchev–Trinajstić information content (AvgIpc) is 2.83. The Labute approximate surface area is 194 Å². The van der Waals surface area contributed by atoms with Crippen molar-refractivity contribution in [3.63, 3.8) is 0 Å². The summed E-state index contributed by atoms with van der Waals surface area (Å²) < 4.78 is 32.7. The summed E-state index contributed by atoms with van der Waals surface area (Å²) in [7, 11) is 1.22. The Morgan fingerprint density at radius 1 is 0.559 bits per heavy atom. The molecule has 3 aliphatic heterocycles. The summed E-state index contributed by atoms with van der Waals surface area (Å²) >= 11 is 0. The molecule has 3 rings (SSSR count). The predicted molar refractivity (Wildman–Crippen MR) is 105 cm³/mol. The van der Waals surface area contributed by atoms with Crippen molar-refractivity contribution in [3.8, 4) is 0 Å². The van der Waals surface area contributed by atoms with Crippen molar-refractivity contribution >= 4 is 0 Å². The normalized spacial score (nSPS) is 52.5. The van der Waals surface area contributed by atoms with Crippen molar-refractivity contribution < 1.29 is 74.4 Å². The monoisotopic (exact) mass is 502 g/mol. The number of hydrogen-bond donors (Lipinski definition) is 9. The van der Waals surface area contributed by atoms with Gasteiger partial charge in [0.1, 0.15) is 67.1 Å². The Morgan fingerprint density at radius 3 is 1.62 bits per heavy atom. The molecular formula is C19H34O15. The first-order valence-electron chi connectivity index (χ1n) is 10.8. The van der Waals surface area contributed by atoms with Crippen LogP contribution in [0.15, 0.2) is 0 Å². The quantitative estimate of drug-likeness (QED) is 0.157. The Balaban J connectivity index is 1.78. The van der Waals surface area contributed by atoms with E-state index in [9.17, 15) is 46.0 Å². The van der Waals surface area contributed by atoms with E-state index in [-0.39, 0.29) is 0 Å². The highest BCUT2D eigenvalue weighted by Crippen LogP contribution is 2.32. The maximum atomic E-state index is 11.0. The van der Waals surface area contributed by atoms with Gasteiger partial charge in [0, 0.05) is 7.11 Å². The van der Waals surface area contributed by atoms with E-state index in [2.05, 4.69) is 0 Å². The molecule has 0 aromatic carbocycles. The molecule has 9 N–H and O–H groups in total. The van der Waals surface area contributed by atoms with Gasteiger partial charge >= 0.3 is 0 Å². The Morgan fingerprint density at radius 2 is 1.06 bits per heavy atom. The van der Waals surface area contributed by atoms with Crippen molar-refractivity contribution in [2.24, 2.45) is 0 Å². The molecule has 3 fully saturated rings. The fourth-order valence-electron chi connectivity index (χ4n) is 4.16. The minimum atomic E-state index is -1.79. The van der Waals surface area contributed by atoms with Gasteiger partial charge in [-0.15, -0.1) is 0 Å². The van der Waals surface area contributed by atoms with Crippen molar-refractivity contribution in [1.82, 2.24) is 0 Å². The fraction of sp³-hybridized carbons (Fsp3) is 1.00. The first-order chi connectivity index (χ1) is 16.0. The number of aliphatic hydroxyl groups excluding tert-OH is 9. The molecule has 3 aliphatic rings. The van der Waals surface area contributed by atoms with E-state index >= 15 is 0 Å². The molecule has 15 heteroatoms. The highest BCUT2D eigenvalue weighted by molar-refractivity contribution is 4.96. The van der Waals surface area contributed by atoms with E-state index < -0.39 is 105 Å². The second-order valence-corrected chi connectivity index (χ2v) is 8.53. The van der Waals surface area contributed by atoms with Crippen molar-refractivity contribution in [2.45, 2.75) is 99.0 Å². The minimum absolute atomic E-state index is 0.684. The zero-order valence-electron chi connectivity index (χ0n) is 18.5. The third-order valence-electron chi connectivity index (χ3n) is 6.27. The zero-order chi connectivity index (χ0) is 25.3. The van der Waals surface area contributed by atoms with Gasteiger partial charge in [0.15, 0.2) is 18.9 Å². The van der Waals surface area contributed by atoms with Crippen LogP contribution in [-0.2, 0) is 28.4 Å². The smallest absolute Gasteiger partial charge is 0.187 e. The Bertz CT molecular complexity index is 639. The van der Waals surface area contributed by atoms with Gasteiger partial charge in [-0.2, -0.15) is 0 Å². The largest absolute Gasteiger partial charge is 0.394 e. The van der Waals surface area contributed by atoms with Crippen LogP contribution in [0.5, 0.6) is 0 Å². The van der Waals surface area contributed by atoms with Crippen LogP contribution in [0.4, 0.5) is 0 Å². The van der Waals surface area contributed by atoms with Crippen LogP contribution < -0.4 is 0 Å². The number of rotatable bonds is 7. The van der Waals surface area contributed by atoms with E-state index in [4.69, 9.17) is 28.4 Å². The van der Waals surface area contributed by atoms with Crippen LogP contribution in [0, 0.1) is 0 Å². The van der Waals surface area contributed by atoms with Gasteiger partial charge in [-0.25, -0.2) is 0 Å². The third kappa shape index (κ3) is 5.39. The molecule has 15 atom stereocenters. The van der Waals surface area contributed by atoms with Gasteiger partial charge in [0.05, 0.1) is 19.3 Å². The molecule has 0 amide bonds. The van der Waals surface area contributed by atoms with Crippen LogP contribution >= 0.6 is 0 Å². The third-order valence-corrected chi connectivity index (χ3v) is 6.27. The second kappa shape index (κ2) is 11.6. The maximum Gasteiger partial charge on any atom is 0.187 e. The average molecular weight is 502 g/mol. The lowest BCUT2D eigenvalue weighted by molar-refractivity contribution is -0.383. The molecule has 0 radical (unpaired) electrons. The molecule has 7 unspecified atom stereocenters. The van der Waals surface area contributed by atoms with E-state index in [0.717, 1.165) is 0 Å². The standard InChI is InChI=1S/C19H34O15/c1-5-8(22)10(24)12(26)17(30-5)34-16-14(28)15(7(4-21)32-19(16)29-2)33-18-13(27)11(25)9(23)6(3-20)31-18/h5-28H,3-4H2,1-2H3/t5?,6?,7?,8?,9-,10+,11-,12+,13+,14-,15-,16+,17?,18?,19?/m1/s1. The van der Waals surface area contributed by atoms with E-state index in [0.29, 0.717) is 0 Å². The molecule has 0 aromatic heterocycles. The molecule has 3 saturated heterocycles. The van der Waals surface area contributed by atoms with Crippen LogP contribution in [0.25, 0.3) is 0 Å². The van der Waals surface area contributed by atoms with Crippen LogP contribution in [0.1, 0.15) is 6.92 Å². The Hall–Kier alpha value is -0.600. The van der Waals surface area contributed by atoms with Gasteiger partial charge in [0.2, 0.25) is 0 Å². The Kier molecular flexibility index (Phi) is 9.57. The summed E-state index contributed by atoms with van der Waals surface area (Å²) in [6, 6.07) is 0. The lowest BCUT2D eigenvalue weighted by Crippen LogP contribution is -2.66. The van der Waals surface area contributed by atoms with Crippen LogP contribution in [0.3, 0.4) is 0 Å². The second-order valence-electron chi connectivity index (χ2n) is 8.53. The van der Waals surface area contributed by atoms with Crippen molar-refractivity contribution in [2.75, 3.05) is 20.3 Å². The molecule has 0 aliphatic carbocycles. The predicted octanol–water partition coefficient (Wildman–Crippen LogP) is -5.89. The lowest BCUT2D eigenvalue weighted by Gasteiger charge is -2.48. The van der Waals surface area contributed by atoms with Crippen molar-refractivity contribution in [1.29, 1.82) is 0 Å². The number of hydrogen-bond acceptors (Lipinski definition) is 15. The van der Waals surface area contributed by atoms with Gasteiger partial charge in [-0.3, -0.25) is 0 Å². The van der Waals surface area contributed by atoms with Crippen LogP contribution in [-0.4, -0.2) is 158 Å². The van der Waals surface area contributed by atoms with E-state index in [1.807, 2.05) is 0 Å². The molecule has 200 valence electrons. The van der Waals surface area contributed by atoms with E-state index in [1.165, 1.54) is 14.0 Å². The number of aliphatic hydroxyl groups is 9. The molecule has 34 heavy (non-hydrogen) atoms. The highest BCUT2D eigenvalue weighted by atomic mass is 16.8. The number of ether oxygens (including phenoxy) is 6. The summed E-state index contributed by atoms with van der Waals surface area (Å²) in [5.74, 6) is 0. The lowest BCUT2D eigenvalue weighted by atomic mass is 9.96. The van der Waals surface area contributed by atoms with Gasteiger partial charge in [0.25, 0.3) is 0 Å². The SMILES string of the molecule is COC1OC(CO)[C@@H](OC2OC(CO)[C@@H](O)[C@@H](O)[C@@H]2O)[C@@H](O)[C@@H]1OC1OC(C)C(O)[C@H](O)[C@@H]1O. The molecule has 15 nitrogen and oxygen atoms in total. The summed E-state index contributed by atoms with van der Waals surface area (Å²) in [4.78, 5) is 0. The maximum absolute atomic E-state index is 11.0. The summed E-state index contributed by atoms with van der Waals surface area (Å²) in [6.45, 7) is 0.0412. The topological polar surface area (TPSA) is 237 Å². The highest BCUT2D eigenvalue weighted by Gasteiger charge is 2.53. The molecule has 0 bridgehead atoms. The first-order valence-corrected chi connectivity index (χ1v) is 10.8. The van der Waals surface area contributed by atoms with Gasteiger partial charge in [-0.1, -0.05) is 0 Å². The van der Waals surface area contributed by atoms with Crippen LogP contribution in [0.2, 0.25) is 0 Å². The summed E-state index contributed by atoms with van der Waals surface area (Å²) in [5.41, 5.74) is 0. The van der Waals surface area contributed by atoms with Crippen molar-refractivity contribution in [3.05, 3.63) is 0 Å². The molecule has 0 aromatic rings.